The topological polar surface area (TPSA) is 55.3 Å². The fraction of sp³-hybridized carbons (Fsp3) is 0.722. The van der Waals surface area contributed by atoms with Crippen LogP contribution in [0.3, 0.4) is 0 Å². The molecule has 0 saturated carbocycles. The third-order valence-electron chi connectivity index (χ3n) is 4.79. The molecule has 2 heterocycles. The Morgan fingerprint density at radius 3 is 2.61 bits per heavy atom. The molecule has 1 unspecified atom stereocenters. The van der Waals surface area contributed by atoms with Crippen LogP contribution >= 0.6 is 0 Å². The number of rotatable bonds is 3. The molecule has 1 aliphatic heterocycles. The molecular formula is C18H29N3O2. The standard InChI is InChI=1S/C18H29N3O2/c1-17(2,3)15-19-10-9-14(20-15)21-11-7-8-13(12-21)18(4,5)16(22)23-6/h9-10,13H,7-8,11-12H2,1-6H3. The third kappa shape index (κ3) is 3.82. The summed E-state index contributed by atoms with van der Waals surface area (Å²) in [6, 6.07) is 1.96. The number of hydrogen-bond donors (Lipinski definition) is 0. The summed E-state index contributed by atoms with van der Waals surface area (Å²) in [6.07, 6.45) is 3.92. The van der Waals surface area contributed by atoms with Crippen molar-refractivity contribution in [2.45, 2.75) is 52.9 Å². The summed E-state index contributed by atoms with van der Waals surface area (Å²) < 4.78 is 4.99. The van der Waals surface area contributed by atoms with Gasteiger partial charge in [-0.3, -0.25) is 4.79 Å². The van der Waals surface area contributed by atoms with Crippen LogP contribution in [0, 0.1) is 11.3 Å². The van der Waals surface area contributed by atoms with Crippen molar-refractivity contribution in [3.63, 3.8) is 0 Å². The molecule has 5 heteroatoms. The highest BCUT2D eigenvalue weighted by Crippen LogP contribution is 2.36. The Bertz CT molecular complexity index is 564. The van der Waals surface area contributed by atoms with Crippen molar-refractivity contribution < 1.29 is 9.53 Å². The van der Waals surface area contributed by atoms with E-state index < -0.39 is 5.41 Å². The monoisotopic (exact) mass is 319 g/mol. The molecule has 0 bridgehead atoms. The van der Waals surface area contributed by atoms with Gasteiger partial charge in [-0.05, 0) is 38.7 Å². The number of aromatic nitrogens is 2. The van der Waals surface area contributed by atoms with Crippen LogP contribution in [0.15, 0.2) is 12.3 Å². The summed E-state index contributed by atoms with van der Waals surface area (Å²) in [5.74, 6) is 1.93. The van der Waals surface area contributed by atoms with Crippen molar-refractivity contribution in [3.05, 3.63) is 18.1 Å². The van der Waals surface area contributed by atoms with Crippen LogP contribution in [-0.2, 0) is 14.9 Å². The van der Waals surface area contributed by atoms with Crippen LogP contribution in [-0.4, -0.2) is 36.1 Å². The lowest BCUT2D eigenvalue weighted by Crippen LogP contribution is -2.45. The van der Waals surface area contributed by atoms with Crippen LogP contribution in [0.5, 0.6) is 0 Å². The molecule has 0 amide bonds. The van der Waals surface area contributed by atoms with Gasteiger partial charge in [0, 0.05) is 24.7 Å². The molecule has 1 aromatic rings. The summed E-state index contributed by atoms with van der Waals surface area (Å²) in [6.45, 7) is 12.1. The lowest BCUT2D eigenvalue weighted by molar-refractivity contribution is -0.154. The fourth-order valence-electron chi connectivity index (χ4n) is 3.09. The third-order valence-corrected chi connectivity index (χ3v) is 4.79. The van der Waals surface area contributed by atoms with Gasteiger partial charge in [0.15, 0.2) is 0 Å². The Morgan fingerprint density at radius 1 is 1.30 bits per heavy atom. The number of carbonyl (C=O) groups excluding carboxylic acids is 1. The van der Waals surface area contributed by atoms with Crippen molar-refractivity contribution in [1.29, 1.82) is 0 Å². The van der Waals surface area contributed by atoms with Crippen LogP contribution < -0.4 is 4.90 Å². The SMILES string of the molecule is COC(=O)C(C)(C)C1CCCN(c2ccnc(C(C)(C)C)n2)C1. The van der Waals surface area contributed by atoms with Crippen LogP contribution in [0.25, 0.3) is 0 Å². The van der Waals surface area contributed by atoms with E-state index in [9.17, 15) is 4.79 Å². The molecule has 1 aromatic heterocycles. The van der Waals surface area contributed by atoms with Crippen molar-refractivity contribution in [1.82, 2.24) is 9.97 Å². The summed E-state index contributed by atoms with van der Waals surface area (Å²) in [5.41, 5.74) is -0.552. The van der Waals surface area contributed by atoms with E-state index in [1.165, 1.54) is 7.11 Å². The van der Waals surface area contributed by atoms with Gasteiger partial charge in [0.25, 0.3) is 0 Å². The molecule has 1 fully saturated rings. The molecule has 0 N–H and O–H groups in total. The minimum Gasteiger partial charge on any atom is -0.469 e. The van der Waals surface area contributed by atoms with Gasteiger partial charge < -0.3 is 9.64 Å². The predicted molar refractivity (Wildman–Crippen MR) is 91.5 cm³/mol. The van der Waals surface area contributed by atoms with Gasteiger partial charge in [0.1, 0.15) is 11.6 Å². The summed E-state index contributed by atoms with van der Waals surface area (Å²) in [5, 5.41) is 0. The van der Waals surface area contributed by atoms with E-state index in [-0.39, 0.29) is 17.3 Å². The van der Waals surface area contributed by atoms with E-state index in [1.807, 2.05) is 26.1 Å². The molecular weight excluding hydrogens is 290 g/mol. The summed E-state index contributed by atoms with van der Waals surface area (Å²) in [4.78, 5) is 23.5. The van der Waals surface area contributed by atoms with E-state index in [0.717, 1.165) is 37.6 Å². The average molecular weight is 319 g/mol. The summed E-state index contributed by atoms with van der Waals surface area (Å²) in [7, 11) is 1.46. The van der Waals surface area contributed by atoms with Crippen LogP contribution in [0.4, 0.5) is 5.82 Å². The van der Waals surface area contributed by atoms with Crippen molar-refractivity contribution in [2.75, 3.05) is 25.1 Å². The fourth-order valence-corrected chi connectivity index (χ4v) is 3.09. The Balaban J connectivity index is 2.20. The second-order valence-corrected chi connectivity index (χ2v) is 7.99. The Hall–Kier alpha value is -1.65. The molecule has 0 aliphatic carbocycles. The van der Waals surface area contributed by atoms with E-state index in [1.54, 1.807) is 0 Å². The van der Waals surface area contributed by atoms with Crippen LogP contribution in [0.2, 0.25) is 0 Å². The first-order chi connectivity index (χ1) is 10.7. The highest BCUT2D eigenvalue weighted by atomic mass is 16.5. The second kappa shape index (κ2) is 6.46. The van der Waals surface area contributed by atoms with Crippen molar-refractivity contribution in [3.8, 4) is 0 Å². The number of ether oxygens (including phenoxy) is 1. The predicted octanol–water partition coefficient (Wildman–Crippen LogP) is 3.19. The highest BCUT2D eigenvalue weighted by Gasteiger charge is 2.40. The minimum atomic E-state index is -0.479. The largest absolute Gasteiger partial charge is 0.469 e. The van der Waals surface area contributed by atoms with Gasteiger partial charge in [0.2, 0.25) is 0 Å². The number of nitrogens with zero attached hydrogens (tertiary/aromatic N) is 3. The Kier molecular flexibility index (Phi) is 4.97. The minimum absolute atomic E-state index is 0.0729. The molecule has 0 aromatic carbocycles. The maximum absolute atomic E-state index is 12.1. The van der Waals surface area contributed by atoms with E-state index in [0.29, 0.717) is 0 Å². The molecule has 0 spiro atoms. The zero-order chi connectivity index (χ0) is 17.3. The van der Waals surface area contributed by atoms with Gasteiger partial charge in [-0.1, -0.05) is 20.8 Å². The number of methoxy groups -OCH3 is 1. The maximum atomic E-state index is 12.1. The molecule has 128 valence electrons. The van der Waals surface area contributed by atoms with Crippen molar-refractivity contribution in [2.24, 2.45) is 11.3 Å². The lowest BCUT2D eigenvalue weighted by atomic mass is 9.74. The Labute approximate surface area is 139 Å². The van der Waals surface area contributed by atoms with E-state index >= 15 is 0 Å². The first-order valence-electron chi connectivity index (χ1n) is 8.33. The Morgan fingerprint density at radius 2 is 2.00 bits per heavy atom. The smallest absolute Gasteiger partial charge is 0.311 e. The second-order valence-electron chi connectivity index (χ2n) is 7.99. The zero-order valence-electron chi connectivity index (χ0n) is 15.2. The van der Waals surface area contributed by atoms with Gasteiger partial charge in [-0.2, -0.15) is 0 Å². The maximum Gasteiger partial charge on any atom is 0.311 e. The van der Waals surface area contributed by atoms with Gasteiger partial charge >= 0.3 is 5.97 Å². The first-order valence-corrected chi connectivity index (χ1v) is 8.33. The van der Waals surface area contributed by atoms with Gasteiger partial charge in [0.05, 0.1) is 12.5 Å². The highest BCUT2D eigenvalue weighted by molar-refractivity contribution is 5.76. The number of hydrogen-bond acceptors (Lipinski definition) is 5. The summed E-state index contributed by atoms with van der Waals surface area (Å²) >= 11 is 0. The normalized spacial score (nSPS) is 19.6. The number of piperidine rings is 1. The molecule has 23 heavy (non-hydrogen) atoms. The first kappa shape index (κ1) is 17.7. The molecule has 0 radical (unpaired) electrons. The zero-order valence-corrected chi connectivity index (χ0v) is 15.2. The van der Waals surface area contributed by atoms with Gasteiger partial charge in [-0.25, -0.2) is 9.97 Å². The van der Waals surface area contributed by atoms with Crippen LogP contribution in [0.1, 0.15) is 53.3 Å². The molecule has 5 nitrogen and oxygen atoms in total. The number of carbonyl (C=O) groups is 1. The molecule has 1 aliphatic rings. The number of esters is 1. The quantitative estimate of drug-likeness (QED) is 0.801. The van der Waals surface area contributed by atoms with Gasteiger partial charge in [-0.15, -0.1) is 0 Å². The molecule has 2 rings (SSSR count). The molecule has 1 atom stereocenters. The van der Waals surface area contributed by atoms with E-state index in [2.05, 4.69) is 30.7 Å². The molecule has 1 saturated heterocycles. The number of anilines is 1. The average Bonchev–Trinajstić information content (AvgIpc) is 2.53. The van der Waals surface area contributed by atoms with E-state index in [4.69, 9.17) is 9.72 Å². The lowest BCUT2D eigenvalue weighted by Gasteiger charge is -2.40. The van der Waals surface area contributed by atoms with Crippen molar-refractivity contribution >= 4 is 11.8 Å².